The molecule has 0 amide bonds. The van der Waals surface area contributed by atoms with E-state index in [0.29, 0.717) is 25.7 Å². The molecule has 0 aliphatic carbocycles. The second kappa shape index (κ2) is 9.38. The number of aromatic nitrogens is 2. The number of hydrogen-bond donors (Lipinski definition) is 2. The average molecular weight is 425 g/mol. The Balaban J connectivity index is 1.62. The maximum atomic E-state index is 13.1. The van der Waals surface area contributed by atoms with Gasteiger partial charge in [0.25, 0.3) is 0 Å². The fraction of sp³-hybridized carbons (Fsp3) is 0.500. The van der Waals surface area contributed by atoms with Crippen molar-refractivity contribution in [2.24, 2.45) is 12.0 Å². The maximum Gasteiger partial charge on any atom is 0.435 e. The zero-order chi connectivity index (χ0) is 21.7. The summed E-state index contributed by atoms with van der Waals surface area (Å²) in [5.74, 6) is 1.14. The van der Waals surface area contributed by atoms with Gasteiger partial charge in [0.2, 0.25) is 0 Å². The van der Waals surface area contributed by atoms with Gasteiger partial charge in [-0.05, 0) is 18.6 Å². The van der Waals surface area contributed by atoms with Crippen LogP contribution in [0.3, 0.4) is 0 Å². The average Bonchev–Trinajstić information content (AvgIpc) is 3.32. The molecule has 10 heteroatoms. The highest BCUT2D eigenvalue weighted by molar-refractivity contribution is 5.79. The number of nitrogens with zero attached hydrogens (tertiary/aromatic N) is 3. The summed E-state index contributed by atoms with van der Waals surface area (Å²) in [4.78, 5) is 4.09. The molecule has 30 heavy (non-hydrogen) atoms. The molecule has 3 rings (SSSR count). The predicted octanol–water partition coefficient (Wildman–Crippen LogP) is 2.78. The van der Waals surface area contributed by atoms with Gasteiger partial charge in [0, 0.05) is 50.9 Å². The van der Waals surface area contributed by atoms with Crippen LogP contribution in [0, 0.1) is 6.92 Å². The van der Waals surface area contributed by atoms with Crippen molar-refractivity contribution in [1.29, 1.82) is 0 Å². The molecule has 2 heterocycles. The summed E-state index contributed by atoms with van der Waals surface area (Å²) in [6.07, 6.45) is -2.29. The van der Waals surface area contributed by atoms with Gasteiger partial charge in [-0.15, -0.1) is 0 Å². The number of nitrogens with one attached hydrogen (secondary N) is 2. The molecule has 0 saturated carbocycles. The van der Waals surface area contributed by atoms with E-state index in [2.05, 4.69) is 20.7 Å². The van der Waals surface area contributed by atoms with E-state index in [0.717, 1.165) is 28.0 Å². The van der Waals surface area contributed by atoms with E-state index in [1.807, 2.05) is 25.1 Å². The van der Waals surface area contributed by atoms with E-state index in [9.17, 15) is 13.2 Å². The first kappa shape index (κ1) is 21.9. The molecule has 1 aliphatic heterocycles. The first-order valence-corrected chi connectivity index (χ1v) is 9.64. The Morgan fingerprint density at radius 2 is 2.03 bits per heavy atom. The van der Waals surface area contributed by atoms with Gasteiger partial charge >= 0.3 is 6.18 Å². The summed E-state index contributed by atoms with van der Waals surface area (Å²) in [7, 11) is 3.02. The van der Waals surface area contributed by atoms with Crippen LogP contribution in [0.4, 0.5) is 13.2 Å². The number of guanidine groups is 1. The molecule has 1 unspecified atom stereocenters. The van der Waals surface area contributed by atoms with Crippen molar-refractivity contribution in [3.63, 3.8) is 0 Å². The Kier molecular flexibility index (Phi) is 6.86. The monoisotopic (exact) mass is 425 g/mol. The van der Waals surface area contributed by atoms with Gasteiger partial charge in [0.05, 0.1) is 13.2 Å². The van der Waals surface area contributed by atoms with Crippen molar-refractivity contribution in [2.45, 2.75) is 38.7 Å². The van der Waals surface area contributed by atoms with E-state index >= 15 is 0 Å². The first-order chi connectivity index (χ1) is 14.3. The van der Waals surface area contributed by atoms with Crippen LogP contribution in [-0.4, -0.2) is 42.1 Å². The number of hydrogen-bond acceptors (Lipinski definition) is 4. The van der Waals surface area contributed by atoms with Gasteiger partial charge in [-0.25, -0.2) is 0 Å². The summed E-state index contributed by atoms with van der Waals surface area (Å²) in [6.45, 7) is 3.59. The van der Waals surface area contributed by atoms with Crippen molar-refractivity contribution >= 4 is 5.96 Å². The minimum atomic E-state index is -4.51. The molecule has 1 saturated heterocycles. The topological polar surface area (TPSA) is 72.7 Å². The minimum absolute atomic E-state index is 0.0226. The Labute approximate surface area is 173 Å². The van der Waals surface area contributed by atoms with Gasteiger partial charge in [-0.3, -0.25) is 9.67 Å². The second-order valence-electron chi connectivity index (χ2n) is 7.17. The highest BCUT2D eigenvalue weighted by Crippen LogP contribution is 2.30. The Morgan fingerprint density at radius 3 is 2.67 bits per heavy atom. The van der Waals surface area contributed by atoms with Crippen LogP contribution in [0.2, 0.25) is 0 Å². The van der Waals surface area contributed by atoms with Gasteiger partial charge in [0.15, 0.2) is 11.7 Å². The van der Waals surface area contributed by atoms with Gasteiger partial charge in [-0.1, -0.05) is 12.1 Å². The molecule has 7 nitrogen and oxygen atoms in total. The lowest BCUT2D eigenvalue weighted by Crippen LogP contribution is -2.36. The zero-order valence-corrected chi connectivity index (χ0v) is 17.2. The van der Waals surface area contributed by atoms with E-state index in [4.69, 9.17) is 9.47 Å². The van der Waals surface area contributed by atoms with Crippen molar-refractivity contribution in [3.05, 3.63) is 46.8 Å². The number of aryl methyl sites for hydroxylation is 2. The fourth-order valence-electron chi connectivity index (χ4n) is 3.19. The number of rotatable bonds is 6. The molecule has 1 aromatic carbocycles. The van der Waals surface area contributed by atoms with Crippen molar-refractivity contribution in [1.82, 2.24) is 20.4 Å². The van der Waals surface area contributed by atoms with Crippen molar-refractivity contribution in [3.8, 4) is 5.75 Å². The smallest absolute Gasteiger partial charge is 0.435 e. The minimum Gasteiger partial charge on any atom is -0.488 e. The lowest BCUT2D eigenvalue weighted by Gasteiger charge is -2.18. The SMILES string of the molecule is CN=C(NCc1ccc(C)cc1OC1CCOC1)NCc1cn(C)nc1C(F)(F)F. The Morgan fingerprint density at radius 1 is 1.30 bits per heavy atom. The molecule has 1 fully saturated rings. The molecule has 1 atom stereocenters. The van der Waals surface area contributed by atoms with Crippen molar-refractivity contribution in [2.75, 3.05) is 20.3 Å². The lowest BCUT2D eigenvalue weighted by molar-refractivity contribution is -0.142. The van der Waals surface area contributed by atoms with Crippen LogP contribution in [0.15, 0.2) is 29.4 Å². The summed E-state index contributed by atoms with van der Waals surface area (Å²) in [5.41, 5.74) is 1.15. The number of aliphatic imine (C=N–C) groups is 1. The molecule has 0 radical (unpaired) electrons. The van der Waals surface area contributed by atoms with Crippen LogP contribution >= 0.6 is 0 Å². The third kappa shape index (κ3) is 5.65. The highest BCUT2D eigenvalue weighted by atomic mass is 19.4. The first-order valence-electron chi connectivity index (χ1n) is 9.64. The van der Waals surface area contributed by atoms with Gasteiger partial charge in [0.1, 0.15) is 11.9 Å². The molecule has 164 valence electrons. The summed E-state index contributed by atoms with van der Waals surface area (Å²) >= 11 is 0. The molecule has 0 spiro atoms. The molecule has 1 aliphatic rings. The third-order valence-corrected chi connectivity index (χ3v) is 4.69. The standard InChI is InChI=1S/C20H26F3N5O2/c1-13-4-5-14(17(8-13)30-16-6-7-29-12-16)9-25-19(24-2)26-10-15-11-28(3)27-18(15)20(21,22)23/h4-5,8,11,16H,6-7,9-10,12H2,1-3H3,(H2,24,25,26). The van der Waals surface area contributed by atoms with E-state index in [-0.39, 0.29) is 18.2 Å². The normalized spacial score (nSPS) is 17.3. The zero-order valence-electron chi connectivity index (χ0n) is 17.2. The van der Waals surface area contributed by atoms with E-state index in [1.165, 1.54) is 13.2 Å². The van der Waals surface area contributed by atoms with Crippen LogP contribution in [0.1, 0.15) is 28.8 Å². The third-order valence-electron chi connectivity index (χ3n) is 4.69. The number of alkyl halides is 3. The Hall–Kier alpha value is -2.75. The highest BCUT2D eigenvalue weighted by Gasteiger charge is 2.36. The van der Waals surface area contributed by atoms with Gasteiger partial charge < -0.3 is 20.1 Å². The lowest BCUT2D eigenvalue weighted by atomic mass is 10.1. The predicted molar refractivity (Wildman–Crippen MR) is 106 cm³/mol. The van der Waals surface area contributed by atoms with Crippen LogP contribution in [0.5, 0.6) is 5.75 Å². The summed E-state index contributed by atoms with van der Waals surface area (Å²) < 4.78 is 51.9. The fourth-order valence-corrected chi connectivity index (χ4v) is 3.19. The van der Waals surface area contributed by atoms with Gasteiger partial charge in [-0.2, -0.15) is 18.3 Å². The number of benzene rings is 1. The number of ether oxygens (including phenoxy) is 2. The largest absolute Gasteiger partial charge is 0.488 e. The van der Waals surface area contributed by atoms with Crippen LogP contribution in [0.25, 0.3) is 0 Å². The Bertz CT molecular complexity index is 889. The van der Waals surface area contributed by atoms with Crippen LogP contribution in [-0.2, 0) is 31.1 Å². The molecule has 1 aromatic heterocycles. The van der Waals surface area contributed by atoms with E-state index in [1.54, 1.807) is 7.05 Å². The molecular formula is C20H26F3N5O2. The summed E-state index contributed by atoms with van der Waals surface area (Å²) in [5, 5.41) is 9.55. The maximum absolute atomic E-state index is 13.1. The van der Waals surface area contributed by atoms with E-state index < -0.39 is 11.9 Å². The summed E-state index contributed by atoms with van der Waals surface area (Å²) in [6, 6.07) is 5.91. The van der Waals surface area contributed by atoms with Crippen LogP contribution < -0.4 is 15.4 Å². The number of halogens is 3. The molecule has 2 aromatic rings. The molecular weight excluding hydrogens is 399 g/mol. The second-order valence-corrected chi connectivity index (χ2v) is 7.17. The van der Waals surface area contributed by atoms with Crippen molar-refractivity contribution < 1.29 is 22.6 Å². The molecule has 2 N–H and O–H groups in total. The molecule has 0 bridgehead atoms. The quantitative estimate of drug-likeness (QED) is 0.550.